The Hall–Kier alpha value is -2.14. The van der Waals surface area contributed by atoms with Crippen molar-refractivity contribution in [1.82, 2.24) is 14.5 Å². The van der Waals surface area contributed by atoms with Gasteiger partial charge in [-0.15, -0.1) is 0 Å². The number of hydrogen-bond acceptors (Lipinski definition) is 3. The third kappa shape index (κ3) is 3.85. The molecule has 1 fully saturated rings. The second-order valence-electron chi connectivity index (χ2n) is 6.54. The second kappa shape index (κ2) is 7.62. The Bertz CT molecular complexity index is 666. The van der Waals surface area contributed by atoms with Crippen LogP contribution in [0, 0.1) is 0 Å². The van der Waals surface area contributed by atoms with Gasteiger partial charge in [0.25, 0.3) is 5.91 Å². The lowest BCUT2D eigenvalue weighted by atomic mass is 10.1. The maximum absolute atomic E-state index is 12.8. The molecule has 1 aliphatic rings. The zero-order valence-corrected chi connectivity index (χ0v) is 14.4. The van der Waals surface area contributed by atoms with E-state index in [1.54, 1.807) is 6.20 Å². The molecule has 0 aromatic carbocycles. The van der Waals surface area contributed by atoms with Gasteiger partial charge in [-0.05, 0) is 51.0 Å². The third-order valence-electron chi connectivity index (χ3n) is 4.41. The predicted octanol–water partition coefficient (Wildman–Crippen LogP) is 3.29. The van der Waals surface area contributed by atoms with Crippen molar-refractivity contribution < 1.29 is 9.53 Å². The molecule has 3 heterocycles. The van der Waals surface area contributed by atoms with E-state index in [4.69, 9.17) is 4.74 Å². The second-order valence-corrected chi connectivity index (χ2v) is 6.54. The highest BCUT2D eigenvalue weighted by molar-refractivity contribution is 5.93. The van der Waals surface area contributed by atoms with E-state index in [2.05, 4.69) is 18.8 Å². The maximum atomic E-state index is 12.8. The van der Waals surface area contributed by atoms with E-state index in [1.165, 1.54) is 0 Å². The summed E-state index contributed by atoms with van der Waals surface area (Å²) in [6.45, 7) is 6.12. The van der Waals surface area contributed by atoms with Gasteiger partial charge >= 0.3 is 0 Å². The average molecular weight is 327 g/mol. The van der Waals surface area contributed by atoms with Crippen LogP contribution in [0.15, 0.2) is 42.7 Å². The first-order valence-electron chi connectivity index (χ1n) is 8.63. The largest absolute Gasteiger partial charge is 0.370 e. The standard InChI is InChI=1S/C19H25N3O2/c1-15(2)22-12-6-9-18(22)19(23)21-11-5-8-17(13-21)24-14-16-7-3-4-10-20-16/h3-4,6-7,9-10,12,15,17H,5,8,11,13-14H2,1-2H3/t17-/m0/s1. The average Bonchev–Trinajstić information content (AvgIpc) is 3.10. The lowest BCUT2D eigenvalue weighted by Crippen LogP contribution is -2.43. The summed E-state index contributed by atoms with van der Waals surface area (Å²) in [7, 11) is 0. The van der Waals surface area contributed by atoms with E-state index in [0.29, 0.717) is 13.2 Å². The van der Waals surface area contributed by atoms with E-state index < -0.39 is 0 Å². The number of likely N-dealkylation sites (tertiary alicyclic amines) is 1. The summed E-state index contributed by atoms with van der Waals surface area (Å²) in [5.74, 6) is 0.0971. The molecule has 0 unspecified atom stereocenters. The summed E-state index contributed by atoms with van der Waals surface area (Å²) < 4.78 is 8.01. The lowest BCUT2D eigenvalue weighted by Gasteiger charge is -2.33. The fourth-order valence-electron chi connectivity index (χ4n) is 3.13. The number of carbonyl (C=O) groups excluding carboxylic acids is 1. The SMILES string of the molecule is CC(C)n1cccc1C(=O)N1CCC[C@H](OCc2ccccn2)C1. The van der Waals surface area contributed by atoms with Gasteiger partial charge in [-0.3, -0.25) is 9.78 Å². The van der Waals surface area contributed by atoms with Crippen LogP contribution in [-0.2, 0) is 11.3 Å². The molecule has 5 nitrogen and oxygen atoms in total. The number of amides is 1. The maximum Gasteiger partial charge on any atom is 0.270 e. The van der Waals surface area contributed by atoms with Crippen LogP contribution in [0.2, 0.25) is 0 Å². The molecule has 1 amide bonds. The van der Waals surface area contributed by atoms with Gasteiger partial charge in [0.2, 0.25) is 0 Å². The van der Waals surface area contributed by atoms with Gasteiger partial charge < -0.3 is 14.2 Å². The molecule has 0 aliphatic carbocycles. The summed E-state index contributed by atoms with van der Waals surface area (Å²) in [6.07, 6.45) is 5.78. The number of pyridine rings is 1. The Morgan fingerprint density at radius 3 is 2.96 bits per heavy atom. The fourth-order valence-corrected chi connectivity index (χ4v) is 3.13. The number of hydrogen-bond donors (Lipinski definition) is 0. The minimum Gasteiger partial charge on any atom is -0.370 e. The normalized spacial score (nSPS) is 18.1. The number of ether oxygens (including phenoxy) is 1. The van der Waals surface area contributed by atoms with Crippen molar-refractivity contribution in [2.45, 2.75) is 45.4 Å². The molecule has 0 bridgehead atoms. The van der Waals surface area contributed by atoms with Crippen molar-refractivity contribution in [1.29, 1.82) is 0 Å². The Morgan fingerprint density at radius 2 is 2.21 bits per heavy atom. The number of nitrogens with zero attached hydrogens (tertiary/aromatic N) is 3. The fraction of sp³-hybridized carbons (Fsp3) is 0.474. The van der Waals surface area contributed by atoms with Crippen LogP contribution >= 0.6 is 0 Å². The lowest BCUT2D eigenvalue weighted by molar-refractivity contribution is -0.00816. The molecule has 2 aromatic heterocycles. The van der Waals surface area contributed by atoms with E-state index in [9.17, 15) is 4.79 Å². The molecule has 1 saturated heterocycles. The van der Waals surface area contributed by atoms with Gasteiger partial charge in [0.05, 0.1) is 18.4 Å². The molecule has 2 aromatic rings. The molecular formula is C19H25N3O2. The zero-order valence-electron chi connectivity index (χ0n) is 14.4. The Labute approximate surface area is 143 Å². The number of rotatable bonds is 5. The van der Waals surface area contributed by atoms with Crippen LogP contribution in [0.25, 0.3) is 0 Å². The minimum absolute atomic E-state index is 0.0761. The molecule has 1 aliphatic heterocycles. The van der Waals surface area contributed by atoms with E-state index >= 15 is 0 Å². The first-order valence-corrected chi connectivity index (χ1v) is 8.63. The van der Waals surface area contributed by atoms with Crippen LogP contribution in [0.4, 0.5) is 0 Å². The molecule has 0 saturated carbocycles. The van der Waals surface area contributed by atoms with Crippen molar-refractivity contribution in [3.63, 3.8) is 0 Å². The highest BCUT2D eigenvalue weighted by atomic mass is 16.5. The number of carbonyl (C=O) groups is 1. The molecule has 0 radical (unpaired) electrons. The van der Waals surface area contributed by atoms with Crippen LogP contribution in [0.3, 0.4) is 0 Å². The van der Waals surface area contributed by atoms with Crippen LogP contribution in [0.1, 0.15) is 48.9 Å². The van der Waals surface area contributed by atoms with Crippen molar-refractivity contribution in [2.75, 3.05) is 13.1 Å². The molecule has 1 atom stereocenters. The molecule has 3 rings (SSSR count). The van der Waals surface area contributed by atoms with Crippen LogP contribution in [-0.4, -0.2) is 39.6 Å². The van der Waals surface area contributed by atoms with Gasteiger partial charge in [0.1, 0.15) is 5.69 Å². The van der Waals surface area contributed by atoms with Gasteiger partial charge in [-0.2, -0.15) is 0 Å². The third-order valence-corrected chi connectivity index (χ3v) is 4.41. The highest BCUT2D eigenvalue weighted by Crippen LogP contribution is 2.19. The Kier molecular flexibility index (Phi) is 5.30. The van der Waals surface area contributed by atoms with Gasteiger partial charge in [0.15, 0.2) is 0 Å². The molecule has 24 heavy (non-hydrogen) atoms. The summed E-state index contributed by atoms with van der Waals surface area (Å²) in [6, 6.07) is 9.94. The molecule has 0 N–H and O–H groups in total. The zero-order chi connectivity index (χ0) is 16.9. The molecule has 5 heteroatoms. The molecule has 0 spiro atoms. The van der Waals surface area contributed by atoms with Crippen molar-refractivity contribution in [3.8, 4) is 0 Å². The molecule has 128 valence electrons. The van der Waals surface area contributed by atoms with Crippen LogP contribution < -0.4 is 0 Å². The van der Waals surface area contributed by atoms with Crippen molar-refractivity contribution >= 4 is 5.91 Å². The monoisotopic (exact) mass is 327 g/mol. The van der Waals surface area contributed by atoms with Crippen molar-refractivity contribution in [2.24, 2.45) is 0 Å². The Morgan fingerprint density at radius 1 is 1.33 bits per heavy atom. The minimum atomic E-state index is 0.0761. The van der Waals surface area contributed by atoms with E-state index in [1.807, 2.05) is 46.0 Å². The number of piperidine rings is 1. The smallest absolute Gasteiger partial charge is 0.270 e. The van der Waals surface area contributed by atoms with Crippen molar-refractivity contribution in [3.05, 3.63) is 54.1 Å². The highest BCUT2D eigenvalue weighted by Gasteiger charge is 2.26. The quantitative estimate of drug-likeness (QED) is 0.846. The predicted molar refractivity (Wildman–Crippen MR) is 92.8 cm³/mol. The topological polar surface area (TPSA) is 47.4 Å². The first-order chi connectivity index (χ1) is 11.6. The van der Waals surface area contributed by atoms with Gasteiger partial charge in [-0.25, -0.2) is 0 Å². The van der Waals surface area contributed by atoms with Crippen LogP contribution in [0.5, 0.6) is 0 Å². The van der Waals surface area contributed by atoms with Gasteiger partial charge in [-0.1, -0.05) is 6.07 Å². The van der Waals surface area contributed by atoms with E-state index in [-0.39, 0.29) is 18.1 Å². The first kappa shape index (κ1) is 16.7. The van der Waals surface area contributed by atoms with Gasteiger partial charge in [0, 0.05) is 31.5 Å². The summed E-state index contributed by atoms with van der Waals surface area (Å²) in [4.78, 5) is 19.0. The molecular weight excluding hydrogens is 302 g/mol. The van der Waals surface area contributed by atoms with E-state index in [0.717, 1.165) is 30.8 Å². The number of aromatic nitrogens is 2. The Balaban J connectivity index is 1.60. The summed E-state index contributed by atoms with van der Waals surface area (Å²) >= 11 is 0. The summed E-state index contributed by atoms with van der Waals surface area (Å²) in [5.41, 5.74) is 1.69. The summed E-state index contributed by atoms with van der Waals surface area (Å²) in [5, 5.41) is 0.